The zero-order valence-electron chi connectivity index (χ0n) is 16.9. The number of nitro groups is 1. The largest absolute Gasteiger partial charge is 0.455 e. The summed E-state index contributed by atoms with van der Waals surface area (Å²) in [6, 6.07) is 14.4. The number of nitrogens with one attached hydrogen (secondary N) is 1. The van der Waals surface area contributed by atoms with E-state index in [9.17, 15) is 19.7 Å². The minimum atomic E-state index is -0.400. The van der Waals surface area contributed by atoms with E-state index in [-0.39, 0.29) is 24.1 Å². The van der Waals surface area contributed by atoms with Gasteiger partial charge in [-0.05, 0) is 31.4 Å². The van der Waals surface area contributed by atoms with Gasteiger partial charge in [0.2, 0.25) is 0 Å². The lowest BCUT2D eigenvalue weighted by atomic mass is 9.96. The number of piperidine rings is 1. The number of rotatable bonds is 7. The first-order valence-corrected chi connectivity index (χ1v) is 9.91. The lowest BCUT2D eigenvalue weighted by molar-refractivity contribution is -0.384. The molecule has 30 heavy (non-hydrogen) atoms. The molecule has 1 aliphatic rings. The third kappa shape index (κ3) is 5.56. The number of amides is 1. The molecule has 8 nitrogen and oxygen atoms in total. The number of aryl methyl sites for hydroxylation is 1. The maximum Gasteiger partial charge on any atom is 0.309 e. The number of para-hydroxylation sites is 2. The van der Waals surface area contributed by atoms with Gasteiger partial charge in [-0.15, -0.1) is 0 Å². The first-order chi connectivity index (χ1) is 14.4. The van der Waals surface area contributed by atoms with Gasteiger partial charge in [-0.1, -0.05) is 42.0 Å². The first kappa shape index (κ1) is 21.3. The summed E-state index contributed by atoms with van der Waals surface area (Å²) in [7, 11) is 0. The highest BCUT2D eigenvalue weighted by molar-refractivity contribution is 5.81. The van der Waals surface area contributed by atoms with Gasteiger partial charge in [0, 0.05) is 25.7 Å². The van der Waals surface area contributed by atoms with Gasteiger partial charge in [0.25, 0.3) is 11.6 Å². The molecule has 1 saturated heterocycles. The Kier molecular flexibility index (Phi) is 7.00. The fraction of sp³-hybridized carbons (Fsp3) is 0.364. The van der Waals surface area contributed by atoms with Crippen LogP contribution in [0.4, 0.5) is 11.4 Å². The number of esters is 1. The molecule has 0 bridgehead atoms. The monoisotopic (exact) mass is 411 g/mol. The molecule has 1 aliphatic heterocycles. The van der Waals surface area contributed by atoms with E-state index < -0.39 is 10.9 Å². The standard InChI is InChI=1S/C22H25N3O5/c1-16-6-8-17(9-7-16)14-23-21(26)15-30-22(27)18-10-12-24(13-11-18)19-4-2-3-5-20(19)25(28)29/h2-9,18H,10-15H2,1H3,(H,23,26). The van der Waals surface area contributed by atoms with Crippen molar-refractivity contribution >= 4 is 23.3 Å². The molecule has 158 valence electrons. The van der Waals surface area contributed by atoms with Gasteiger partial charge in [0.05, 0.1) is 10.8 Å². The van der Waals surface area contributed by atoms with Gasteiger partial charge in [-0.2, -0.15) is 0 Å². The topological polar surface area (TPSA) is 102 Å². The van der Waals surface area contributed by atoms with Gasteiger partial charge in [-0.25, -0.2) is 0 Å². The number of benzene rings is 2. The molecular weight excluding hydrogens is 386 g/mol. The van der Waals surface area contributed by atoms with E-state index in [4.69, 9.17) is 4.74 Å². The maximum absolute atomic E-state index is 12.3. The zero-order chi connectivity index (χ0) is 21.5. The highest BCUT2D eigenvalue weighted by Crippen LogP contribution is 2.31. The highest BCUT2D eigenvalue weighted by Gasteiger charge is 2.29. The predicted molar refractivity (Wildman–Crippen MR) is 112 cm³/mol. The molecule has 0 spiro atoms. The Morgan fingerprint density at radius 3 is 2.47 bits per heavy atom. The molecule has 0 atom stereocenters. The Labute approximate surface area is 175 Å². The second kappa shape index (κ2) is 9.87. The fourth-order valence-electron chi connectivity index (χ4n) is 3.45. The van der Waals surface area contributed by atoms with Gasteiger partial charge in [-0.3, -0.25) is 19.7 Å². The SMILES string of the molecule is Cc1ccc(CNC(=O)COC(=O)C2CCN(c3ccccc3[N+](=O)[O-])CC2)cc1. The van der Waals surface area contributed by atoms with Gasteiger partial charge >= 0.3 is 5.97 Å². The number of carbonyl (C=O) groups excluding carboxylic acids is 2. The third-order valence-electron chi connectivity index (χ3n) is 5.20. The van der Waals surface area contributed by atoms with Crippen LogP contribution < -0.4 is 10.2 Å². The second-order valence-corrected chi connectivity index (χ2v) is 7.38. The summed E-state index contributed by atoms with van der Waals surface area (Å²) in [6.07, 6.45) is 1.05. The van der Waals surface area contributed by atoms with E-state index >= 15 is 0 Å². The number of nitro benzene ring substituents is 1. The molecule has 1 N–H and O–H groups in total. The zero-order valence-corrected chi connectivity index (χ0v) is 16.9. The van der Waals surface area contributed by atoms with Crippen LogP contribution in [0.2, 0.25) is 0 Å². The van der Waals surface area contributed by atoms with Crippen molar-refractivity contribution in [3.8, 4) is 0 Å². The van der Waals surface area contributed by atoms with Crippen LogP contribution >= 0.6 is 0 Å². The van der Waals surface area contributed by atoms with Crippen LogP contribution in [-0.4, -0.2) is 36.5 Å². The summed E-state index contributed by atoms with van der Waals surface area (Å²) in [5.74, 6) is -1.06. The Balaban J connectivity index is 1.42. The van der Waals surface area contributed by atoms with Crippen LogP contribution in [-0.2, 0) is 20.9 Å². The molecule has 3 rings (SSSR count). The molecule has 0 radical (unpaired) electrons. The molecular formula is C22H25N3O5. The van der Waals surface area contributed by atoms with Crippen molar-refractivity contribution in [2.75, 3.05) is 24.6 Å². The second-order valence-electron chi connectivity index (χ2n) is 7.38. The Hall–Kier alpha value is -3.42. The number of ether oxygens (including phenoxy) is 1. The molecule has 0 aromatic heterocycles. The summed E-state index contributed by atoms with van der Waals surface area (Å²) < 4.78 is 5.18. The number of carbonyl (C=O) groups is 2. The van der Waals surface area contributed by atoms with Crippen molar-refractivity contribution < 1.29 is 19.2 Å². The Morgan fingerprint density at radius 1 is 1.13 bits per heavy atom. The molecule has 1 heterocycles. The van der Waals surface area contributed by atoms with Crippen LogP contribution in [0, 0.1) is 23.0 Å². The van der Waals surface area contributed by atoms with E-state index in [0.29, 0.717) is 38.2 Å². The van der Waals surface area contributed by atoms with Crippen LogP contribution in [0.1, 0.15) is 24.0 Å². The van der Waals surface area contributed by atoms with Gasteiger partial charge in [0.15, 0.2) is 6.61 Å². The Bertz CT molecular complexity index is 905. The summed E-state index contributed by atoms with van der Waals surface area (Å²) >= 11 is 0. The maximum atomic E-state index is 12.3. The van der Waals surface area contributed by atoms with E-state index in [1.807, 2.05) is 36.1 Å². The minimum absolute atomic E-state index is 0.0591. The minimum Gasteiger partial charge on any atom is -0.455 e. The average Bonchev–Trinajstić information content (AvgIpc) is 2.77. The first-order valence-electron chi connectivity index (χ1n) is 9.91. The molecule has 2 aromatic rings. The van der Waals surface area contributed by atoms with Gasteiger partial charge < -0.3 is 15.0 Å². The van der Waals surface area contributed by atoms with E-state index in [1.54, 1.807) is 18.2 Å². The lowest BCUT2D eigenvalue weighted by Crippen LogP contribution is -2.38. The predicted octanol–water partition coefficient (Wildman–Crippen LogP) is 2.98. The van der Waals surface area contributed by atoms with E-state index in [0.717, 1.165) is 11.1 Å². The van der Waals surface area contributed by atoms with Crippen LogP contribution in [0.25, 0.3) is 0 Å². The third-order valence-corrected chi connectivity index (χ3v) is 5.20. The number of hydrogen-bond acceptors (Lipinski definition) is 6. The summed E-state index contributed by atoms with van der Waals surface area (Å²) in [5.41, 5.74) is 2.74. The van der Waals surface area contributed by atoms with Crippen molar-refractivity contribution in [1.29, 1.82) is 0 Å². The summed E-state index contributed by atoms with van der Waals surface area (Å²) in [5, 5.41) is 13.9. The molecule has 0 saturated carbocycles. The van der Waals surface area contributed by atoms with Crippen molar-refractivity contribution in [2.45, 2.75) is 26.3 Å². The van der Waals surface area contributed by atoms with Crippen LogP contribution in [0.15, 0.2) is 48.5 Å². The molecule has 2 aromatic carbocycles. The number of hydrogen-bond donors (Lipinski definition) is 1. The molecule has 0 aliphatic carbocycles. The average molecular weight is 411 g/mol. The fourth-order valence-corrected chi connectivity index (χ4v) is 3.45. The molecule has 1 fully saturated rings. The number of anilines is 1. The van der Waals surface area contributed by atoms with E-state index in [2.05, 4.69) is 5.32 Å². The van der Waals surface area contributed by atoms with Crippen molar-refractivity contribution in [3.05, 3.63) is 69.8 Å². The quantitative estimate of drug-likeness (QED) is 0.427. The van der Waals surface area contributed by atoms with Crippen molar-refractivity contribution in [1.82, 2.24) is 5.32 Å². The molecule has 0 unspecified atom stereocenters. The van der Waals surface area contributed by atoms with E-state index in [1.165, 1.54) is 6.07 Å². The number of nitrogens with zero attached hydrogens (tertiary/aromatic N) is 2. The van der Waals surface area contributed by atoms with Crippen LogP contribution in [0.3, 0.4) is 0 Å². The van der Waals surface area contributed by atoms with Gasteiger partial charge in [0.1, 0.15) is 5.69 Å². The summed E-state index contributed by atoms with van der Waals surface area (Å²) in [4.78, 5) is 37.0. The normalized spacial score (nSPS) is 14.2. The molecule has 8 heteroatoms. The van der Waals surface area contributed by atoms with Crippen molar-refractivity contribution in [2.24, 2.45) is 5.92 Å². The van der Waals surface area contributed by atoms with Crippen LogP contribution in [0.5, 0.6) is 0 Å². The highest BCUT2D eigenvalue weighted by atomic mass is 16.6. The smallest absolute Gasteiger partial charge is 0.309 e. The molecule has 1 amide bonds. The Morgan fingerprint density at radius 2 is 1.80 bits per heavy atom. The lowest BCUT2D eigenvalue weighted by Gasteiger charge is -2.32. The summed E-state index contributed by atoms with van der Waals surface area (Å²) in [6.45, 7) is 3.10. The van der Waals surface area contributed by atoms with Crippen molar-refractivity contribution in [3.63, 3.8) is 0 Å².